The van der Waals surface area contributed by atoms with Crippen LogP contribution in [-0.4, -0.2) is 40.6 Å². The number of rotatable bonds is 6. The van der Waals surface area contributed by atoms with Crippen molar-refractivity contribution in [2.45, 2.75) is 31.9 Å². The van der Waals surface area contributed by atoms with E-state index in [0.29, 0.717) is 12.6 Å². The molecule has 122 valence electrons. The Morgan fingerprint density at radius 3 is 2.35 bits per heavy atom. The quantitative estimate of drug-likeness (QED) is 0.884. The van der Waals surface area contributed by atoms with E-state index in [-0.39, 0.29) is 6.10 Å². The van der Waals surface area contributed by atoms with Gasteiger partial charge in [-0.25, -0.2) is 9.97 Å². The maximum atomic E-state index is 5.84. The SMILES string of the molecule is NCCc1ccc(CN2CCC(Oc3ncccn3)CC2)cc1. The maximum Gasteiger partial charge on any atom is 0.316 e. The molecule has 0 spiro atoms. The normalized spacial score (nSPS) is 16.4. The molecular weight excluding hydrogens is 288 g/mol. The summed E-state index contributed by atoms with van der Waals surface area (Å²) in [7, 11) is 0. The number of aromatic nitrogens is 2. The number of hydrogen-bond acceptors (Lipinski definition) is 5. The Hall–Kier alpha value is -1.98. The second-order valence-electron chi connectivity index (χ2n) is 5.98. The van der Waals surface area contributed by atoms with Crippen LogP contribution in [0.2, 0.25) is 0 Å². The molecule has 5 heteroatoms. The topological polar surface area (TPSA) is 64.3 Å². The molecule has 5 nitrogen and oxygen atoms in total. The van der Waals surface area contributed by atoms with Crippen molar-refractivity contribution in [3.05, 3.63) is 53.9 Å². The summed E-state index contributed by atoms with van der Waals surface area (Å²) in [6, 6.07) is 11.1. The minimum absolute atomic E-state index is 0.223. The van der Waals surface area contributed by atoms with Gasteiger partial charge in [0.25, 0.3) is 0 Å². The lowest BCUT2D eigenvalue weighted by atomic mass is 10.1. The summed E-state index contributed by atoms with van der Waals surface area (Å²) >= 11 is 0. The summed E-state index contributed by atoms with van der Waals surface area (Å²) in [4.78, 5) is 10.7. The third kappa shape index (κ3) is 4.74. The first-order valence-corrected chi connectivity index (χ1v) is 8.27. The van der Waals surface area contributed by atoms with Gasteiger partial charge in [-0.2, -0.15) is 0 Å². The molecule has 1 aliphatic heterocycles. The second kappa shape index (κ2) is 8.04. The van der Waals surface area contributed by atoms with Gasteiger partial charge in [-0.05, 0) is 43.0 Å². The van der Waals surface area contributed by atoms with Gasteiger partial charge >= 0.3 is 6.01 Å². The number of ether oxygens (including phenoxy) is 1. The van der Waals surface area contributed by atoms with E-state index in [1.54, 1.807) is 18.5 Å². The van der Waals surface area contributed by atoms with Crippen LogP contribution in [0.15, 0.2) is 42.7 Å². The maximum absolute atomic E-state index is 5.84. The van der Waals surface area contributed by atoms with E-state index in [1.807, 2.05) is 0 Å². The van der Waals surface area contributed by atoms with Crippen LogP contribution in [0.3, 0.4) is 0 Å². The van der Waals surface area contributed by atoms with Gasteiger partial charge in [0.2, 0.25) is 0 Å². The predicted molar refractivity (Wildman–Crippen MR) is 90.2 cm³/mol. The lowest BCUT2D eigenvalue weighted by molar-refractivity contribution is 0.0892. The number of hydrogen-bond donors (Lipinski definition) is 1. The molecule has 2 heterocycles. The van der Waals surface area contributed by atoms with Gasteiger partial charge in [0.05, 0.1) is 0 Å². The van der Waals surface area contributed by atoms with Gasteiger partial charge < -0.3 is 10.5 Å². The van der Waals surface area contributed by atoms with Crippen LogP contribution in [0.25, 0.3) is 0 Å². The molecule has 0 aliphatic carbocycles. The van der Waals surface area contributed by atoms with E-state index in [1.165, 1.54) is 11.1 Å². The highest BCUT2D eigenvalue weighted by Gasteiger charge is 2.21. The minimum Gasteiger partial charge on any atom is -0.460 e. The van der Waals surface area contributed by atoms with Crippen LogP contribution in [0, 0.1) is 0 Å². The Balaban J connectivity index is 1.45. The fourth-order valence-corrected chi connectivity index (χ4v) is 2.92. The molecule has 1 aromatic carbocycles. The zero-order chi connectivity index (χ0) is 15.9. The Morgan fingerprint density at radius 1 is 1.04 bits per heavy atom. The average molecular weight is 312 g/mol. The minimum atomic E-state index is 0.223. The highest BCUT2D eigenvalue weighted by atomic mass is 16.5. The molecule has 2 aromatic rings. The van der Waals surface area contributed by atoms with E-state index in [4.69, 9.17) is 10.5 Å². The summed E-state index contributed by atoms with van der Waals surface area (Å²) in [5.41, 5.74) is 8.26. The fraction of sp³-hybridized carbons (Fsp3) is 0.444. The van der Waals surface area contributed by atoms with Crippen LogP contribution in [0.4, 0.5) is 0 Å². The summed E-state index contributed by atoms with van der Waals surface area (Å²) < 4.78 is 5.84. The Morgan fingerprint density at radius 2 is 1.70 bits per heavy atom. The van der Waals surface area contributed by atoms with Gasteiger partial charge in [0.15, 0.2) is 0 Å². The van der Waals surface area contributed by atoms with Crippen LogP contribution in [0.5, 0.6) is 6.01 Å². The van der Waals surface area contributed by atoms with Crippen molar-refractivity contribution in [3.63, 3.8) is 0 Å². The van der Waals surface area contributed by atoms with Crippen molar-refractivity contribution in [1.82, 2.24) is 14.9 Å². The molecule has 1 aliphatic rings. The highest BCUT2D eigenvalue weighted by molar-refractivity contribution is 5.22. The van der Waals surface area contributed by atoms with E-state index < -0.39 is 0 Å². The van der Waals surface area contributed by atoms with Crippen LogP contribution in [-0.2, 0) is 13.0 Å². The number of piperidine rings is 1. The zero-order valence-electron chi connectivity index (χ0n) is 13.4. The molecule has 1 aromatic heterocycles. The predicted octanol–water partition coefficient (Wildman–Crippen LogP) is 2.02. The molecule has 1 saturated heterocycles. The fourth-order valence-electron chi connectivity index (χ4n) is 2.92. The van der Waals surface area contributed by atoms with Gasteiger partial charge in [-0.3, -0.25) is 4.90 Å². The summed E-state index contributed by atoms with van der Waals surface area (Å²) in [6.45, 7) is 3.79. The molecule has 0 atom stereocenters. The van der Waals surface area contributed by atoms with Gasteiger partial charge in [-0.15, -0.1) is 0 Å². The Kier molecular flexibility index (Phi) is 5.56. The van der Waals surface area contributed by atoms with E-state index >= 15 is 0 Å². The molecule has 1 fully saturated rings. The first-order chi connectivity index (χ1) is 11.3. The Labute approximate surface area is 137 Å². The molecule has 3 rings (SSSR count). The van der Waals surface area contributed by atoms with Gasteiger partial charge in [-0.1, -0.05) is 24.3 Å². The molecule has 0 radical (unpaired) electrons. The third-order valence-corrected chi connectivity index (χ3v) is 4.21. The summed E-state index contributed by atoms with van der Waals surface area (Å²) in [5, 5.41) is 0. The standard InChI is InChI=1S/C18H24N4O/c19-9-6-15-2-4-16(5-3-15)14-22-12-7-17(8-13-22)23-18-20-10-1-11-21-18/h1-5,10-11,17H,6-9,12-14,19H2. The van der Waals surface area contributed by atoms with Crippen LogP contribution >= 0.6 is 0 Å². The first kappa shape index (κ1) is 15.9. The molecule has 0 saturated carbocycles. The van der Waals surface area contributed by atoms with Crippen molar-refractivity contribution in [2.75, 3.05) is 19.6 Å². The smallest absolute Gasteiger partial charge is 0.316 e. The van der Waals surface area contributed by atoms with E-state index in [0.717, 1.165) is 38.9 Å². The van der Waals surface area contributed by atoms with E-state index in [2.05, 4.69) is 39.1 Å². The summed E-state index contributed by atoms with van der Waals surface area (Å²) in [6.07, 6.45) is 6.63. The van der Waals surface area contributed by atoms with Crippen molar-refractivity contribution in [2.24, 2.45) is 5.73 Å². The van der Waals surface area contributed by atoms with Crippen molar-refractivity contribution in [1.29, 1.82) is 0 Å². The molecule has 0 amide bonds. The molecule has 2 N–H and O–H groups in total. The van der Waals surface area contributed by atoms with Crippen molar-refractivity contribution >= 4 is 0 Å². The molecule has 0 bridgehead atoms. The second-order valence-corrected chi connectivity index (χ2v) is 5.98. The summed E-state index contributed by atoms with van der Waals surface area (Å²) in [5.74, 6) is 0. The third-order valence-electron chi connectivity index (χ3n) is 4.21. The highest BCUT2D eigenvalue weighted by Crippen LogP contribution is 2.17. The van der Waals surface area contributed by atoms with E-state index in [9.17, 15) is 0 Å². The number of nitrogens with two attached hydrogens (primary N) is 1. The monoisotopic (exact) mass is 312 g/mol. The van der Waals surface area contributed by atoms with Gasteiger partial charge in [0, 0.05) is 32.0 Å². The number of likely N-dealkylation sites (tertiary alicyclic amines) is 1. The van der Waals surface area contributed by atoms with Crippen LogP contribution < -0.4 is 10.5 Å². The largest absolute Gasteiger partial charge is 0.460 e. The Bertz CT molecular complexity index is 580. The average Bonchev–Trinajstić information content (AvgIpc) is 2.60. The lowest BCUT2D eigenvalue weighted by Crippen LogP contribution is -2.38. The van der Waals surface area contributed by atoms with Crippen molar-refractivity contribution in [3.8, 4) is 6.01 Å². The molecule has 23 heavy (non-hydrogen) atoms. The molecular formula is C18H24N4O. The number of nitrogens with zero attached hydrogens (tertiary/aromatic N) is 3. The lowest BCUT2D eigenvalue weighted by Gasteiger charge is -2.31. The first-order valence-electron chi connectivity index (χ1n) is 8.27. The molecule has 0 unspecified atom stereocenters. The van der Waals surface area contributed by atoms with Crippen molar-refractivity contribution < 1.29 is 4.74 Å². The number of benzene rings is 1. The van der Waals surface area contributed by atoms with Gasteiger partial charge in [0.1, 0.15) is 6.10 Å². The van der Waals surface area contributed by atoms with Crippen LogP contribution in [0.1, 0.15) is 24.0 Å². The zero-order valence-corrected chi connectivity index (χ0v) is 13.4.